The number of benzene rings is 1. The topological polar surface area (TPSA) is 87.6 Å². The third kappa shape index (κ3) is 2.33. The number of aromatic hydroxyl groups is 1. The fraction of sp³-hybridized carbons (Fsp3) is 0.188. The van der Waals surface area contributed by atoms with E-state index in [4.69, 9.17) is 10.00 Å². The van der Waals surface area contributed by atoms with Crippen molar-refractivity contribution in [2.75, 3.05) is 0 Å². The van der Waals surface area contributed by atoms with Crippen molar-refractivity contribution in [3.05, 3.63) is 58.0 Å². The molecular formula is C16H13N3O3. The molecule has 0 atom stereocenters. The van der Waals surface area contributed by atoms with Gasteiger partial charge in [-0.2, -0.15) is 5.26 Å². The Kier molecular flexibility index (Phi) is 2.99. The van der Waals surface area contributed by atoms with Crippen molar-refractivity contribution in [3.8, 4) is 17.6 Å². The second-order valence-corrected chi connectivity index (χ2v) is 5.40. The summed E-state index contributed by atoms with van der Waals surface area (Å²) in [6, 6.07) is 9.55. The average molecular weight is 295 g/mol. The number of aromatic nitrogens is 1. The molecule has 0 unspecified atom stereocenters. The Bertz CT molecular complexity index is 888. The molecule has 0 radical (unpaired) electrons. The van der Waals surface area contributed by atoms with Crippen molar-refractivity contribution in [2.24, 2.45) is 4.99 Å². The maximum atomic E-state index is 12.1. The summed E-state index contributed by atoms with van der Waals surface area (Å²) in [5, 5.41) is 18.7. The number of hydrogen-bond acceptors (Lipinski definition) is 5. The van der Waals surface area contributed by atoms with Crippen LogP contribution in [-0.4, -0.2) is 21.2 Å². The summed E-state index contributed by atoms with van der Waals surface area (Å²) in [6.45, 7) is 3.53. The molecule has 3 rings (SSSR count). The predicted octanol–water partition coefficient (Wildman–Crippen LogP) is 1.85. The molecule has 2 heterocycles. The van der Waals surface area contributed by atoms with Crippen LogP contribution in [0.1, 0.15) is 25.0 Å². The summed E-state index contributed by atoms with van der Waals surface area (Å²) in [7, 11) is 0. The standard InChI is InChI=1S/C16H13N3O3/c1-16(2)18-15(19-9-11(20)4-6-14(19)21)12-7-10(8-17)3-5-13(12)22-16/h3-7,9,20H,1-2H3. The Morgan fingerprint density at radius 2 is 2.09 bits per heavy atom. The predicted molar refractivity (Wildman–Crippen MR) is 80.2 cm³/mol. The van der Waals surface area contributed by atoms with Crippen molar-refractivity contribution < 1.29 is 9.84 Å². The Morgan fingerprint density at radius 3 is 2.82 bits per heavy atom. The van der Waals surface area contributed by atoms with Crippen molar-refractivity contribution in [1.29, 1.82) is 5.26 Å². The first-order valence-electron chi connectivity index (χ1n) is 6.65. The first-order valence-corrected chi connectivity index (χ1v) is 6.65. The molecule has 1 N–H and O–H groups in total. The summed E-state index contributed by atoms with van der Waals surface area (Å²) < 4.78 is 7.02. The van der Waals surface area contributed by atoms with E-state index < -0.39 is 5.72 Å². The number of nitriles is 1. The van der Waals surface area contributed by atoms with E-state index in [1.165, 1.54) is 22.9 Å². The molecule has 0 saturated heterocycles. The number of fused-ring (bicyclic) bond motifs is 1. The number of aliphatic imine (C=N–C) groups is 1. The van der Waals surface area contributed by atoms with E-state index in [9.17, 15) is 9.90 Å². The summed E-state index contributed by atoms with van der Waals surface area (Å²) >= 11 is 0. The van der Waals surface area contributed by atoms with Gasteiger partial charge in [-0.1, -0.05) is 0 Å². The number of nitrogens with zero attached hydrogens (tertiary/aromatic N) is 3. The monoisotopic (exact) mass is 295 g/mol. The summed E-state index contributed by atoms with van der Waals surface area (Å²) in [6.07, 6.45) is 1.30. The van der Waals surface area contributed by atoms with Crippen molar-refractivity contribution in [1.82, 2.24) is 4.57 Å². The number of hydrogen-bond donors (Lipinski definition) is 1. The van der Waals surface area contributed by atoms with E-state index in [0.717, 1.165) is 0 Å². The van der Waals surface area contributed by atoms with Crippen LogP contribution in [0.5, 0.6) is 11.5 Å². The van der Waals surface area contributed by atoms with E-state index in [1.807, 2.05) is 6.07 Å². The molecule has 1 aromatic heterocycles. The minimum absolute atomic E-state index is 0.0513. The molecule has 0 saturated carbocycles. The van der Waals surface area contributed by atoms with Crippen LogP contribution in [-0.2, 0) is 0 Å². The number of pyridine rings is 1. The van der Waals surface area contributed by atoms with Crippen LogP contribution in [0.4, 0.5) is 0 Å². The Balaban J connectivity index is 2.30. The molecule has 0 spiro atoms. The highest BCUT2D eigenvalue weighted by atomic mass is 16.5. The average Bonchev–Trinajstić information content (AvgIpc) is 2.47. The van der Waals surface area contributed by atoms with Gasteiger partial charge >= 0.3 is 0 Å². The van der Waals surface area contributed by atoms with Gasteiger partial charge in [0.15, 0.2) is 5.72 Å². The lowest BCUT2D eigenvalue weighted by atomic mass is 10.1. The molecule has 1 aliphatic rings. The van der Waals surface area contributed by atoms with E-state index in [0.29, 0.717) is 22.7 Å². The Hall–Kier alpha value is -3.07. The van der Waals surface area contributed by atoms with E-state index in [2.05, 4.69) is 4.99 Å². The minimum Gasteiger partial charge on any atom is -0.506 e. The SMILES string of the molecule is CC1(C)N=C(n2cc(O)ccc2=O)c2cc(C#N)ccc2O1. The highest BCUT2D eigenvalue weighted by Crippen LogP contribution is 2.31. The minimum atomic E-state index is -0.860. The third-order valence-corrected chi connectivity index (χ3v) is 3.21. The number of rotatable bonds is 0. The first-order chi connectivity index (χ1) is 10.4. The zero-order valence-corrected chi connectivity index (χ0v) is 12.1. The fourth-order valence-electron chi connectivity index (χ4n) is 2.30. The van der Waals surface area contributed by atoms with Crippen LogP contribution in [0.15, 0.2) is 46.3 Å². The largest absolute Gasteiger partial charge is 0.506 e. The van der Waals surface area contributed by atoms with E-state index in [-0.39, 0.29) is 11.3 Å². The van der Waals surface area contributed by atoms with Crippen LogP contribution in [0, 0.1) is 11.3 Å². The highest BCUT2D eigenvalue weighted by molar-refractivity contribution is 6.03. The van der Waals surface area contributed by atoms with Crippen molar-refractivity contribution in [3.63, 3.8) is 0 Å². The number of ether oxygens (including phenoxy) is 1. The molecule has 1 aliphatic heterocycles. The van der Waals surface area contributed by atoms with Gasteiger partial charge in [-0.3, -0.25) is 9.36 Å². The van der Waals surface area contributed by atoms with Gasteiger partial charge in [0.25, 0.3) is 5.56 Å². The molecule has 0 bridgehead atoms. The third-order valence-electron chi connectivity index (χ3n) is 3.21. The maximum Gasteiger partial charge on any atom is 0.256 e. The molecule has 1 aromatic carbocycles. The summed E-state index contributed by atoms with van der Waals surface area (Å²) in [4.78, 5) is 16.6. The second-order valence-electron chi connectivity index (χ2n) is 5.40. The smallest absolute Gasteiger partial charge is 0.256 e. The summed E-state index contributed by atoms with van der Waals surface area (Å²) in [5.41, 5.74) is -0.224. The van der Waals surface area contributed by atoms with E-state index in [1.54, 1.807) is 32.0 Å². The zero-order valence-electron chi connectivity index (χ0n) is 12.1. The Morgan fingerprint density at radius 1 is 1.32 bits per heavy atom. The molecule has 0 amide bonds. The normalized spacial score (nSPS) is 15.2. The quantitative estimate of drug-likeness (QED) is 0.803. The van der Waals surface area contributed by atoms with Crippen molar-refractivity contribution in [2.45, 2.75) is 19.6 Å². The molecule has 2 aromatic rings. The molecule has 110 valence electrons. The van der Waals surface area contributed by atoms with Gasteiger partial charge in [0.2, 0.25) is 0 Å². The van der Waals surface area contributed by atoms with Gasteiger partial charge in [-0.05, 0) is 38.1 Å². The lowest BCUT2D eigenvalue weighted by Gasteiger charge is -2.30. The van der Waals surface area contributed by atoms with Gasteiger partial charge in [0.05, 0.1) is 23.4 Å². The molecule has 6 heteroatoms. The molecule has 0 fully saturated rings. The van der Waals surface area contributed by atoms with Crippen molar-refractivity contribution >= 4 is 5.84 Å². The zero-order chi connectivity index (χ0) is 15.9. The second kappa shape index (κ2) is 4.74. The molecule has 6 nitrogen and oxygen atoms in total. The first kappa shape index (κ1) is 13.9. The summed E-state index contributed by atoms with van der Waals surface area (Å²) in [5.74, 6) is 0.818. The maximum absolute atomic E-state index is 12.1. The lowest BCUT2D eigenvalue weighted by molar-refractivity contribution is 0.114. The molecular weight excluding hydrogens is 282 g/mol. The van der Waals surface area contributed by atoms with E-state index >= 15 is 0 Å². The van der Waals surface area contributed by atoms with Crippen LogP contribution >= 0.6 is 0 Å². The Labute approximate surface area is 126 Å². The fourth-order valence-corrected chi connectivity index (χ4v) is 2.30. The molecule has 22 heavy (non-hydrogen) atoms. The van der Waals surface area contributed by atoms with Gasteiger partial charge in [-0.15, -0.1) is 0 Å². The van der Waals surface area contributed by atoms with Gasteiger partial charge in [-0.25, -0.2) is 4.99 Å². The van der Waals surface area contributed by atoms with Crippen LogP contribution in [0.3, 0.4) is 0 Å². The van der Waals surface area contributed by atoms with Crippen LogP contribution in [0.25, 0.3) is 0 Å². The lowest BCUT2D eigenvalue weighted by Crippen LogP contribution is -2.37. The van der Waals surface area contributed by atoms with Crippen LogP contribution in [0.2, 0.25) is 0 Å². The van der Waals surface area contributed by atoms with Gasteiger partial charge in [0, 0.05) is 6.07 Å². The highest BCUT2D eigenvalue weighted by Gasteiger charge is 2.29. The van der Waals surface area contributed by atoms with Gasteiger partial charge in [0.1, 0.15) is 17.3 Å². The molecule has 0 aliphatic carbocycles. The van der Waals surface area contributed by atoms with Crippen LogP contribution < -0.4 is 10.3 Å². The van der Waals surface area contributed by atoms with Gasteiger partial charge < -0.3 is 9.84 Å².